The van der Waals surface area contributed by atoms with Crippen molar-refractivity contribution in [1.29, 1.82) is 0 Å². The van der Waals surface area contributed by atoms with Crippen molar-refractivity contribution in [3.8, 4) is 11.5 Å². The Kier molecular flexibility index (Phi) is 7.83. The van der Waals surface area contributed by atoms with Crippen LogP contribution in [-0.4, -0.2) is 38.1 Å². The SMILES string of the molecule is CCOc1ccc(/C=C/C(=O)OCC(=O)NNC(C)=O)cc1OC. The highest BCUT2D eigenvalue weighted by atomic mass is 16.5. The fourth-order valence-corrected chi connectivity index (χ4v) is 1.61. The van der Waals surface area contributed by atoms with E-state index in [-0.39, 0.29) is 0 Å². The Bertz CT molecular complexity index is 627. The molecule has 1 rings (SSSR count). The van der Waals surface area contributed by atoms with Gasteiger partial charge in [0.25, 0.3) is 5.91 Å². The normalized spacial score (nSPS) is 10.1. The molecule has 0 unspecified atom stereocenters. The number of benzene rings is 1. The molecule has 0 spiro atoms. The number of amides is 2. The average molecular weight is 336 g/mol. The summed E-state index contributed by atoms with van der Waals surface area (Å²) in [6.45, 7) is 3.11. The molecule has 0 heterocycles. The van der Waals surface area contributed by atoms with Crippen molar-refractivity contribution in [2.75, 3.05) is 20.3 Å². The number of rotatable bonds is 7. The van der Waals surface area contributed by atoms with E-state index in [0.29, 0.717) is 23.7 Å². The number of nitrogens with one attached hydrogen (secondary N) is 2. The number of hydrogen-bond acceptors (Lipinski definition) is 6. The molecule has 0 aliphatic heterocycles. The van der Waals surface area contributed by atoms with Gasteiger partial charge in [-0.25, -0.2) is 4.79 Å². The molecular weight excluding hydrogens is 316 g/mol. The van der Waals surface area contributed by atoms with Gasteiger partial charge < -0.3 is 14.2 Å². The highest BCUT2D eigenvalue weighted by molar-refractivity contribution is 5.89. The van der Waals surface area contributed by atoms with Crippen LogP contribution in [0.25, 0.3) is 6.08 Å². The van der Waals surface area contributed by atoms with Crippen LogP contribution >= 0.6 is 0 Å². The second kappa shape index (κ2) is 9.88. The Morgan fingerprint density at radius 3 is 2.54 bits per heavy atom. The molecule has 0 atom stereocenters. The number of hydrogen-bond donors (Lipinski definition) is 2. The van der Waals surface area contributed by atoms with Gasteiger partial charge in [0, 0.05) is 13.0 Å². The Hall–Kier alpha value is -3.03. The third-order valence-electron chi connectivity index (χ3n) is 2.62. The molecule has 1 aromatic carbocycles. The van der Waals surface area contributed by atoms with Crippen LogP contribution in [0.5, 0.6) is 11.5 Å². The molecule has 2 N–H and O–H groups in total. The zero-order valence-corrected chi connectivity index (χ0v) is 13.8. The van der Waals surface area contributed by atoms with Crippen molar-refractivity contribution in [3.05, 3.63) is 29.8 Å². The number of hydrazine groups is 1. The van der Waals surface area contributed by atoms with Gasteiger partial charge in [-0.1, -0.05) is 6.07 Å². The number of ether oxygens (including phenoxy) is 3. The largest absolute Gasteiger partial charge is 0.493 e. The Labute approximate surface area is 139 Å². The summed E-state index contributed by atoms with van der Waals surface area (Å²) in [6.07, 6.45) is 2.70. The molecule has 8 nitrogen and oxygen atoms in total. The molecule has 0 aliphatic rings. The monoisotopic (exact) mass is 336 g/mol. The van der Waals surface area contributed by atoms with E-state index in [0.717, 1.165) is 0 Å². The topological polar surface area (TPSA) is 103 Å². The van der Waals surface area contributed by atoms with Gasteiger partial charge in [-0.3, -0.25) is 20.4 Å². The molecule has 24 heavy (non-hydrogen) atoms. The minimum Gasteiger partial charge on any atom is -0.493 e. The van der Waals surface area contributed by atoms with Gasteiger partial charge >= 0.3 is 5.97 Å². The van der Waals surface area contributed by atoms with E-state index in [1.807, 2.05) is 6.92 Å². The standard InChI is InChI=1S/C16H20N2O6/c1-4-23-13-7-5-12(9-14(13)22-3)6-8-16(21)24-10-15(20)18-17-11(2)19/h5-9H,4,10H2,1-3H3,(H,17,19)(H,18,20)/b8-6+. The summed E-state index contributed by atoms with van der Waals surface area (Å²) in [7, 11) is 1.52. The van der Waals surface area contributed by atoms with Gasteiger partial charge in [0.05, 0.1) is 13.7 Å². The second-order valence-electron chi connectivity index (χ2n) is 4.51. The minimum atomic E-state index is -0.694. The summed E-state index contributed by atoms with van der Waals surface area (Å²) in [5, 5.41) is 0. The summed E-state index contributed by atoms with van der Waals surface area (Å²) in [4.78, 5) is 33.4. The lowest BCUT2D eigenvalue weighted by Crippen LogP contribution is -2.42. The van der Waals surface area contributed by atoms with Gasteiger partial charge in [-0.15, -0.1) is 0 Å². The Morgan fingerprint density at radius 2 is 1.92 bits per heavy atom. The summed E-state index contributed by atoms with van der Waals surface area (Å²) >= 11 is 0. The van der Waals surface area contributed by atoms with Gasteiger partial charge in [0.1, 0.15) is 0 Å². The van der Waals surface area contributed by atoms with Crippen molar-refractivity contribution in [3.63, 3.8) is 0 Å². The lowest BCUT2D eigenvalue weighted by Gasteiger charge is -2.09. The molecule has 130 valence electrons. The van der Waals surface area contributed by atoms with E-state index >= 15 is 0 Å². The van der Waals surface area contributed by atoms with Crippen LogP contribution in [0.4, 0.5) is 0 Å². The molecule has 0 fully saturated rings. The first-order valence-electron chi connectivity index (χ1n) is 7.17. The first-order valence-corrected chi connectivity index (χ1v) is 7.17. The fourth-order valence-electron chi connectivity index (χ4n) is 1.61. The predicted molar refractivity (Wildman–Crippen MR) is 86.1 cm³/mol. The van der Waals surface area contributed by atoms with Gasteiger partial charge in [0.2, 0.25) is 5.91 Å². The van der Waals surface area contributed by atoms with Crippen molar-refractivity contribution < 1.29 is 28.6 Å². The quantitative estimate of drug-likeness (QED) is 0.434. The molecule has 0 aromatic heterocycles. The van der Waals surface area contributed by atoms with Crippen molar-refractivity contribution >= 4 is 23.9 Å². The van der Waals surface area contributed by atoms with Gasteiger partial charge in [0.15, 0.2) is 18.1 Å². The number of esters is 1. The fraction of sp³-hybridized carbons (Fsp3) is 0.312. The van der Waals surface area contributed by atoms with Crippen molar-refractivity contribution in [2.45, 2.75) is 13.8 Å². The van der Waals surface area contributed by atoms with E-state index in [1.165, 1.54) is 26.2 Å². The maximum Gasteiger partial charge on any atom is 0.331 e. The molecule has 2 amide bonds. The number of carbonyl (C=O) groups excluding carboxylic acids is 3. The van der Waals surface area contributed by atoms with Crippen LogP contribution in [0, 0.1) is 0 Å². The first-order chi connectivity index (χ1) is 11.5. The summed E-state index contributed by atoms with van der Waals surface area (Å²) in [6, 6.07) is 5.19. The van der Waals surface area contributed by atoms with Crippen molar-refractivity contribution in [1.82, 2.24) is 10.9 Å². The smallest absolute Gasteiger partial charge is 0.331 e. The summed E-state index contributed by atoms with van der Waals surface area (Å²) < 4.78 is 15.3. The average Bonchev–Trinajstić information content (AvgIpc) is 2.57. The Balaban J connectivity index is 2.54. The highest BCUT2D eigenvalue weighted by Gasteiger charge is 2.06. The lowest BCUT2D eigenvalue weighted by atomic mass is 10.2. The van der Waals surface area contributed by atoms with E-state index in [1.54, 1.807) is 18.2 Å². The van der Waals surface area contributed by atoms with Crippen LogP contribution < -0.4 is 20.3 Å². The predicted octanol–water partition coefficient (Wildman–Crippen LogP) is 0.818. The molecule has 0 aliphatic carbocycles. The van der Waals surface area contributed by atoms with E-state index in [4.69, 9.17) is 14.2 Å². The number of carbonyl (C=O) groups is 3. The molecular formula is C16H20N2O6. The van der Waals surface area contributed by atoms with Gasteiger partial charge in [-0.2, -0.15) is 0 Å². The molecule has 1 aromatic rings. The van der Waals surface area contributed by atoms with E-state index in [2.05, 4.69) is 10.9 Å². The zero-order valence-electron chi connectivity index (χ0n) is 13.8. The maximum atomic E-state index is 11.6. The minimum absolute atomic E-state index is 0.431. The van der Waals surface area contributed by atoms with E-state index < -0.39 is 24.4 Å². The van der Waals surface area contributed by atoms with Crippen LogP contribution in [0.15, 0.2) is 24.3 Å². The van der Waals surface area contributed by atoms with E-state index in [9.17, 15) is 14.4 Å². The maximum absolute atomic E-state index is 11.6. The third kappa shape index (κ3) is 6.82. The summed E-state index contributed by atoms with van der Waals surface area (Å²) in [5.41, 5.74) is 4.86. The first kappa shape index (κ1) is 19.0. The van der Waals surface area contributed by atoms with Crippen LogP contribution in [0.1, 0.15) is 19.4 Å². The molecule has 0 saturated heterocycles. The third-order valence-corrected chi connectivity index (χ3v) is 2.62. The second-order valence-corrected chi connectivity index (χ2v) is 4.51. The summed E-state index contributed by atoms with van der Waals surface area (Å²) in [5.74, 6) is -0.619. The number of methoxy groups -OCH3 is 1. The lowest BCUT2D eigenvalue weighted by molar-refractivity contribution is -0.144. The van der Waals surface area contributed by atoms with Crippen LogP contribution in [0.2, 0.25) is 0 Å². The van der Waals surface area contributed by atoms with Crippen LogP contribution in [-0.2, 0) is 19.1 Å². The highest BCUT2D eigenvalue weighted by Crippen LogP contribution is 2.28. The van der Waals surface area contributed by atoms with Gasteiger partial charge in [-0.05, 0) is 30.7 Å². The molecule has 0 radical (unpaired) electrons. The molecule has 0 saturated carbocycles. The van der Waals surface area contributed by atoms with Crippen LogP contribution in [0.3, 0.4) is 0 Å². The molecule has 8 heteroatoms. The Morgan fingerprint density at radius 1 is 1.17 bits per heavy atom. The zero-order chi connectivity index (χ0) is 17.9. The molecule has 0 bridgehead atoms. The van der Waals surface area contributed by atoms with Crippen molar-refractivity contribution in [2.24, 2.45) is 0 Å².